The third-order valence-electron chi connectivity index (χ3n) is 4.42. The van der Waals surface area contributed by atoms with Gasteiger partial charge in [0.2, 0.25) is 0 Å². The van der Waals surface area contributed by atoms with E-state index in [1.54, 1.807) is 10.6 Å². The predicted molar refractivity (Wildman–Crippen MR) is 100.0 cm³/mol. The number of nitrogens with zero attached hydrogens (tertiary/aromatic N) is 3. The molecule has 25 heavy (non-hydrogen) atoms. The lowest BCUT2D eigenvalue weighted by atomic mass is 9.97. The molecule has 0 saturated carbocycles. The van der Waals surface area contributed by atoms with E-state index >= 15 is 0 Å². The van der Waals surface area contributed by atoms with E-state index in [2.05, 4.69) is 30.1 Å². The van der Waals surface area contributed by atoms with Crippen LogP contribution < -0.4 is 5.56 Å². The average molecular weight is 329 g/mol. The summed E-state index contributed by atoms with van der Waals surface area (Å²) in [5.41, 5.74) is 5.65. The molecule has 1 aliphatic rings. The van der Waals surface area contributed by atoms with Crippen molar-refractivity contribution in [2.75, 3.05) is 6.54 Å². The molecule has 4 rings (SSSR count). The standard InChI is InChI=1S/C21H19N3O/c1-14-8-9-18-17(12-14)21(16-6-4-3-5-7-16)22-11-10-19-23-15(2)13-20(25)24(18)19/h3-9,12-13H,10-11H2,1-2H3/b22-21-. The number of hydrogen-bond acceptors (Lipinski definition) is 3. The predicted octanol–water partition coefficient (Wildman–Crippen LogP) is 3.24. The highest BCUT2D eigenvalue weighted by Gasteiger charge is 2.19. The van der Waals surface area contributed by atoms with Gasteiger partial charge in [-0.1, -0.05) is 42.0 Å². The summed E-state index contributed by atoms with van der Waals surface area (Å²) in [5, 5.41) is 0. The summed E-state index contributed by atoms with van der Waals surface area (Å²) in [6.45, 7) is 4.52. The van der Waals surface area contributed by atoms with Gasteiger partial charge in [-0.05, 0) is 26.0 Å². The maximum absolute atomic E-state index is 12.7. The molecule has 4 nitrogen and oxygen atoms in total. The molecule has 0 aliphatic carbocycles. The molecule has 2 aromatic carbocycles. The van der Waals surface area contributed by atoms with E-state index in [-0.39, 0.29) is 5.56 Å². The summed E-state index contributed by atoms with van der Waals surface area (Å²) in [5.74, 6) is 0.769. The number of fused-ring (bicyclic) bond motifs is 3. The number of aryl methyl sites for hydroxylation is 2. The van der Waals surface area contributed by atoms with Gasteiger partial charge >= 0.3 is 0 Å². The molecule has 0 N–H and O–H groups in total. The van der Waals surface area contributed by atoms with Gasteiger partial charge in [-0.3, -0.25) is 14.4 Å². The Morgan fingerprint density at radius 1 is 1.00 bits per heavy atom. The average Bonchev–Trinajstić information content (AvgIpc) is 2.58. The van der Waals surface area contributed by atoms with Crippen molar-refractivity contribution in [3.63, 3.8) is 0 Å². The number of aromatic nitrogens is 2. The Hall–Kier alpha value is -3.01. The van der Waals surface area contributed by atoms with Gasteiger partial charge in [0.05, 0.1) is 11.4 Å². The summed E-state index contributed by atoms with van der Waals surface area (Å²) < 4.78 is 1.74. The van der Waals surface area contributed by atoms with Gasteiger partial charge in [-0.25, -0.2) is 4.98 Å². The monoisotopic (exact) mass is 329 g/mol. The second kappa shape index (κ2) is 6.13. The van der Waals surface area contributed by atoms with Crippen molar-refractivity contribution >= 4 is 5.71 Å². The lowest BCUT2D eigenvalue weighted by molar-refractivity contribution is 0.765. The lowest BCUT2D eigenvalue weighted by Gasteiger charge is -2.20. The van der Waals surface area contributed by atoms with Gasteiger partial charge < -0.3 is 0 Å². The minimum Gasteiger partial charge on any atom is -0.284 e. The van der Waals surface area contributed by atoms with E-state index in [0.717, 1.165) is 39.6 Å². The van der Waals surface area contributed by atoms with E-state index in [1.807, 2.05) is 37.3 Å². The highest BCUT2D eigenvalue weighted by Crippen LogP contribution is 2.23. The highest BCUT2D eigenvalue weighted by atomic mass is 16.1. The van der Waals surface area contributed by atoms with E-state index in [4.69, 9.17) is 4.99 Å². The zero-order valence-electron chi connectivity index (χ0n) is 14.4. The van der Waals surface area contributed by atoms with Crippen LogP contribution >= 0.6 is 0 Å². The molecule has 124 valence electrons. The van der Waals surface area contributed by atoms with Crippen LogP contribution in [-0.2, 0) is 6.42 Å². The van der Waals surface area contributed by atoms with Crippen LogP contribution in [0.2, 0.25) is 0 Å². The minimum absolute atomic E-state index is 0.0399. The number of aliphatic imine (C=N–C) groups is 1. The molecule has 0 spiro atoms. The van der Waals surface area contributed by atoms with Crippen LogP contribution in [0, 0.1) is 13.8 Å². The van der Waals surface area contributed by atoms with Crippen LogP contribution in [0.1, 0.15) is 28.2 Å². The first-order valence-corrected chi connectivity index (χ1v) is 8.44. The Bertz CT molecular complexity index is 1030. The Morgan fingerprint density at radius 3 is 2.60 bits per heavy atom. The Labute approximate surface area is 146 Å². The first kappa shape index (κ1) is 15.5. The van der Waals surface area contributed by atoms with Gasteiger partial charge in [-0.2, -0.15) is 0 Å². The largest absolute Gasteiger partial charge is 0.284 e. The fourth-order valence-electron chi connectivity index (χ4n) is 3.31. The van der Waals surface area contributed by atoms with Crippen molar-refractivity contribution in [1.82, 2.24) is 9.55 Å². The molecule has 3 aromatic rings. The fraction of sp³-hybridized carbons (Fsp3) is 0.190. The molecule has 2 heterocycles. The third kappa shape index (κ3) is 2.80. The summed E-state index contributed by atoms with van der Waals surface area (Å²) >= 11 is 0. The zero-order valence-corrected chi connectivity index (χ0v) is 14.4. The molecular formula is C21H19N3O. The Balaban J connectivity index is 2.03. The van der Waals surface area contributed by atoms with Gasteiger partial charge in [0.25, 0.3) is 5.56 Å². The number of rotatable bonds is 1. The highest BCUT2D eigenvalue weighted by molar-refractivity contribution is 6.15. The molecule has 1 aliphatic heterocycles. The van der Waals surface area contributed by atoms with Crippen molar-refractivity contribution in [1.29, 1.82) is 0 Å². The summed E-state index contributed by atoms with van der Waals surface area (Å²) in [4.78, 5) is 22.2. The van der Waals surface area contributed by atoms with Crippen LogP contribution in [0.15, 0.2) is 64.4 Å². The fourth-order valence-corrected chi connectivity index (χ4v) is 3.31. The van der Waals surface area contributed by atoms with Crippen LogP contribution in [0.5, 0.6) is 0 Å². The van der Waals surface area contributed by atoms with E-state index in [9.17, 15) is 4.79 Å². The second-order valence-electron chi connectivity index (χ2n) is 6.35. The van der Waals surface area contributed by atoms with Crippen LogP contribution in [0.25, 0.3) is 5.69 Å². The molecule has 1 aromatic heterocycles. The first-order valence-electron chi connectivity index (χ1n) is 8.44. The van der Waals surface area contributed by atoms with Crippen molar-refractivity contribution in [2.45, 2.75) is 20.3 Å². The van der Waals surface area contributed by atoms with Gasteiger partial charge in [0, 0.05) is 35.9 Å². The van der Waals surface area contributed by atoms with Gasteiger partial charge in [0.15, 0.2) is 0 Å². The molecule has 0 bridgehead atoms. The van der Waals surface area contributed by atoms with Crippen LogP contribution in [0.3, 0.4) is 0 Å². The summed E-state index contributed by atoms with van der Waals surface area (Å²) in [6.07, 6.45) is 0.639. The van der Waals surface area contributed by atoms with Crippen LogP contribution in [0.4, 0.5) is 0 Å². The SMILES string of the molecule is Cc1ccc2c(c1)/C(c1ccccc1)=N\CCc1nc(C)cc(=O)n1-2. The second-order valence-corrected chi connectivity index (χ2v) is 6.35. The molecule has 0 amide bonds. The van der Waals surface area contributed by atoms with Crippen molar-refractivity contribution in [2.24, 2.45) is 4.99 Å². The van der Waals surface area contributed by atoms with Gasteiger partial charge in [-0.15, -0.1) is 0 Å². The van der Waals surface area contributed by atoms with Crippen molar-refractivity contribution in [3.05, 3.63) is 93.2 Å². The first-order chi connectivity index (χ1) is 12.1. The zero-order chi connectivity index (χ0) is 17.4. The summed E-state index contributed by atoms with van der Waals surface area (Å²) in [6, 6.07) is 17.9. The smallest absolute Gasteiger partial charge is 0.258 e. The van der Waals surface area contributed by atoms with E-state index < -0.39 is 0 Å². The van der Waals surface area contributed by atoms with Crippen LogP contribution in [-0.4, -0.2) is 21.8 Å². The van der Waals surface area contributed by atoms with Crippen molar-refractivity contribution < 1.29 is 0 Å². The molecule has 0 fully saturated rings. The number of benzene rings is 2. The molecule has 0 unspecified atom stereocenters. The van der Waals surface area contributed by atoms with E-state index in [1.165, 1.54) is 0 Å². The maximum atomic E-state index is 12.7. The number of hydrogen-bond donors (Lipinski definition) is 0. The topological polar surface area (TPSA) is 47.2 Å². The lowest BCUT2D eigenvalue weighted by Crippen LogP contribution is -2.27. The summed E-state index contributed by atoms with van der Waals surface area (Å²) in [7, 11) is 0. The minimum atomic E-state index is -0.0399. The quantitative estimate of drug-likeness (QED) is 0.688. The Morgan fingerprint density at radius 2 is 1.80 bits per heavy atom. The van der Waals surface area contributed by atoms with Crippen molar-refractivity contribution in [3.8, 4) is 5.69 Å². The van der Waals surface area contributed by atoms with E-state index in [0.29, 0.717) is 13.0 Å². The third-order valence-corrected chi connectivity index (χ3v) is 4.42. The maximum Gasteiger partial charge on any atom is 0.258 e. The Kier molecular flexibility index (Phi) is 3.80. The normalized spacial score (nSPS) is 15.4. The molecule has 0 saturated heterocycles. The van der Waals surface area contributed by atoms with Gasteiger partial charge in [0.1, 0.15) is 5.82 Å². The molecular weight excluding hydrogens is 310 g/mol. The molecule has 0 radical (unpaired) electrons. The molecule has 4 heteroatoms. The molecule has 0 atom stereocenters.